The van der Waals surface area contributed by atoms with Gasteiger partial charge in [0, 0.05) is 5.56 Å². The van der Waals surface area contributed by atoms with Gasteiger partial charge >= 0.3 is 0 Å². The van der Waals surface area contributed by atoms with Gasteiger partial charge in [0.25, 0.3) is 6.43 Å². The Labute approximate surface area is 90.7 Å². The number of rotatable bonds is 3. The molecule has 1 fully saturated rings. The lowest BCUT2D eigenvalue weighted by Gasteiger charge is -2.11. The zero-order chi connectivity index (χ0) is 11.9. The second-order valence-electron chi connectivity index (χ2n) is 3.95. The topological polar surface area (TPSA) is 32.8 Å². The van der Waals surface area contributed by atoms with Crippen LogP contribution in [0.5, 0.6) is 0 Å². The van der Waals surface area contributed by atoms with Gasteiger partial charge in [-0.25, -0.2) is 13.2 Å². The third-order valence-electron chi connectivity index (χ3n) is 2.83. The molecule has 5 heteroatoms. The number of alkyl halides is 2. The Kier molecular flexibility index (Phi) is 2.67. The van der Waals surface area contributed by atoms with E-state index in [1.165, 1.54) is 25.1 Å². The second-order valence-corrected chi connectivity index (χ2v) is 3.95. The number of epoxide rings is 1. The zero-order valence-corrected chi connectivity index (χ0v) is 8.53. The molecule has 1 heterocycles. The minimum absolute atomic E-state index is 0.194. The van der Waals surface area contributed by atoms with Crippen molar-refractivity contribution in [3.8, 4) is 0 Å². The fraction of sp³-hybridized carbons (Fsp3) is 0.455. The zero-order valence-electron chi connectivity index (χ0n) is 8.53. The molecule has 1 aromatic carbocycles. The van der Waals surface area contributed by atoms with Crippen molar-refractivity contribution < 1.29 is 23.0 Å². The first-order valence-electron chi connectivity index (χ1n) is 4.86. The molecule has 1 saturated heterocycles. The molecule has 0 saturated carbocycles. The van der Waals surface area contributed by atoms with E-state index in [9.17, 15) is 13.2 Å². The Morgan fingerprint density at radius 2 is 2.00 bits per heavy atom. The Balaban J connectivity index is 2.22. The molecular formula is C11H11F3O2. The van der Waals surface area contributed by atoms with E-state index in [4.69, 9.17) is 9.84 Å². The van der Waals surface area contributed by atoms with Crippen molar-refractivity contribution in [3.63, 3.8) is 0 Å². The first-order valence-corrected chi connectivity index (χ1v) is 4.86. The number of hydrogen-bond acceptors (Lipinski definition) is 2. The van der Waals surface area contributed by atoms with Gasteiger partial charge in [-0.15, -0.1) is 0 Å². The molecule has 1 N–H and O–H groups in total. The quantitative estimate of drug-likeness (QED) is 0.809. The number of hydrogen-bond donors (Lipinski definition) is 1. The standard InChI is InChI=1S/C11H11F3O2/c1-11(6-4-2-3-5-7(6)12)9(16-11)8(15)10(13)14/h2-5,8-10,15H,1H3/t8-,9-,11-/m0/s1. The van der Waals surface area contributed by atoms with Gasteiger partial charge < -0.3 is 9.84 Å². The summed E-state index contributed by atoms with van der Waals surface area (Å²) in [4.78, 5) is 0. The molecular weight excluding hydrogens is 221 g/mol. The third-order valence-corrected chi connectivity index (χ3v) is 2.83. The van der Waals surface area contributed by atoms with Crippen molar-refractivity contribution >= 4 is 0 Å². The average molecular weight is 232 g/mol. The van der Waals surface area contributed by atoms with Crippen LogP contribution in [0.1, 0.15) is 12.5 Å². The SMILES string of the molecule is C[C@@]1(c2ccccc2F)O[C@H]1[C@H](O)C(F)F. The summed E-state index contributed by atoms with van der Waals surface area (Å²) in [6, 6.07) is 5.79. The Morgan fingerprint density at radius 1 is 1.38 bits per heavy atom. The van der Waals surface area contributed by atoms with Crippen molar-refractivity contribution in [1.82, 2.24) is 0 Å². The fourth-order valence-corrected chi connectivity index (χ4v) is 1.84. The van der Waals surface area contributed by atoms with Gasteiger partial charge in [-0.3, -0.25) is 0 Å². The van der Waals surface area contributed by atoms with Crippen LogP contribution in [0, 0.1) is 5.82 Å². The molecule has 1 aromatic rings. The van der Waals surface area contributed by atoms with Crippen LogP contribution in [-0.4, -0.2) is 23.7 Å². The van der Waals surface area contributed by atoms with E-state index in [1.807, 2.05) is 0 Å². The summed E-state index contributed by atoms with van der Waals surface area (Å²) in [6.45, 7) is 1.49. The van der Waals surface area contributed by atoms with Crippen LogP contribution >= 0.6 is 0 Å². The summed E-state index contributed by atoms with van der Waals surface area (Å²) >= 11 is 0. The molecule has 1 aliphatic heterocycles. The first-order chi connectivity index (χ1) is 7.47. The summed E-state index contributed by atoms with van der Waals surface area (Å²) < 4.78 is 42.9. The van der Waals surface area contributed by atoms with E-state index in [0.717, 1.165) is 0 Å². The Bertz CT molecular complexity index is 397. The van der Waals surface area contributed by atoms with Crippen LogP contribution in [0.15, 0.2) is 24.3 Å². The maximum absolute atomic E-state index is 13.4. The second kappa shape index (κ2) is 3.75. The highest BCUT2D eigenvalue weighted by atomic mass is 19.3. The summed E-state index contributed by atoms with van der Waals surface area (Å²) in [7, 11) is 0. The van der Waals surface area contributed by atoms with Crippen LogP contribution in [0.25, 0.3) is 0 Å². The number of benzene rings is 1. The van der Waals surface area contributed by atoms with Crippen molar-refractivity contribution in [2.75, 3.05) is 0 Å². The van der Waals surface area contributed by atoms with Crippen LogP contribution in [0.3, 0.4) is 0 Å². The molecule has 0 aliphatic carbocycles. The van der Waals surface area contributed by atoms with Crippen molar-refractivity contribution in [2.24, 2.45) is 0 Å². The van der Waals surface area contributed by atoms with Gasteiger partial charge in [-0.2, -0.15) is 0 Å². The number of halogens is 3. The molecule has 2 rings (SSSR count). The summed E-state index contributed by atoms with van der Waals surface area (Å²) in [5.41, 5.74) is -0.957. The lowest BCUT2D eigenvalue weighted by Crippen LogP contribution is -2.28. The highest BCUT2D eigenvalue weighted by Crippen LogP contribution is 2.49. The molecule has 0 bridgehead atoms. The molecule has 1 aliphatic rings. The van der Waals surface area contributed by atoms with Crippen LogP contribution in [-0.2, 0) is 10.3 Å². The van der Waals surface area contributed by atoms with Gasteiger partial charge in [0.05, 0.1) is 0 Å². The molecule has 0 aromatic heterocycles. The lowest BCUT2D eigenvalue weighted by molar-refractivity contribution is -0.0194. The van der Waals surface area contributed by atoms with Gasteiger partial charge in [-0.1, -0.05) is 18.2 Å². The maximum atomic E-state index is 13.4. The monoisotopic (exact) mass is 232 g/mol. The predicted octanol–water partition coefficient (Wildman–Crippen LogP) is 2.07. The number of aliphatic hydroxyl groups excluding tert-OH is 1. The van der Waals surface area contributed by atoms with Gasteiger partial charge in [0.15, 0.2) is 0 Å². The Hall–Kier alpha value is -1.07. The first kappa shape index (κ1) is 11.4. The summed E-state index contributed by atoms with van der Waals surface area (Å²) in [5.74, 6) is -0.519. The van der Waals surface area contributed by atoms with Crippen molar-refractivity contribution in [3.05, 3.63) is 35.6 Å². The van der Waals surface area contributed by atoms with Gasteiger partial charge in [-0.05, 0) is 13.0 Å². The van der Waals surface area contributed by atoms with E-state index in [0.29, 0.717) is 0 Å². The largest absolute Gasteiger partial charge is 0.384 e. The molecule has 0 unspecified atom stereocenters. The lowest BCUT2D eigenvalue weighted by atomic mass is 9.94. The highest BCUT2D eigenvalue weighted by molar-refractivity contribution is 5.30. The van der Waals surface area contributed by atoms with Gasteiger partial charge in [0.2, 0.25) is 0 Å². The molecule has 3 atom stereocenters. The number of aliphatic hydroxyl groups is 1. The molecule has 0 radical (unpaired) electrons. The normalized spacial score (nSPS) is 30.5. The summed E-state index contributed by atoms with van der Waals surface area (Å²) in [6.07, 6.45) is -5.83. The minimum atomic E-state index is -2.89. The summed E-state index contributed by atoms with van der Waals surface area (Å²) in [5, 5.41) is 9.16. The van der Waals surface area contributed by atoms with Crippen LogP contribution in [0.2, 0.25) is 0 Å². The van der Waals surface area contributed by atoms with E-state index in [2.05, 4.69) is 0 Å². The van der Waals surface area contributed by atoms with E-state index in [-0.39, 0.29) is 5.56 Å². The molecule has 0 spiro atoms. The predicted molar refractivity (Wildman–Crippen MR) is 50.6 cm³/mol. The number of ether oxygens (including phenoxy) is 1. The fourth-order valence-electron chi connectivity index (χ4n) is 1.84. The minimum Gasteiger partial charge on any atom is -0.384 e. The Morgan fingerprint density at radius 3 is 2.56 bits per heavy atom. The third kappa shape index (κ3) is 1.70. The maximum Gasteiger partial charge on any atom is 0.266 e. The van der Waals surface area contributed by atoms with Crippen LogP contribution in [0.4, 0.5) is 13.2 Å². The molecule has 88 valence electrons. The van der Waals surface area contributed by atoms with Crippen molar-refractivity contribution in [2.45, 2.75) is 31.2 Å². The van der Waals surface area contributed by atoms with E-state index < -0.39 is 30.1 Å². The highest BCUT2D eigenvalue weighted by Gasteiger charge is 2.60. The molecule has 2 nitrogen and oxygen atoms in total. The smallest absolute Gasteiger partial charge is 0.266 e. The average Bonchev–Trinajstić information content (AvgIpc) is 2.91. The van der Waals surface area contributed by atoms with E-state index in [1.54, 1.807) is 6.07 Å². The molecule has 16 heavy (non-hydrogen) atoms. The van der Waals surface area contributed by atoms with Crippen LogP contribution < -0.4 is 0 Å². The van der Waals surface area contributed by atoms with E-state index >= 15 is 0 Å². The molecule has 0 amide bonds. The van der Waals surface area contributed by atoms with Gasteiger partial charge in [0.1, 0.15) is 23.6 Å². The van der Waals surface area contributed by atoms with Crippen molar-refractivity contribution in [1.29, 1.82) is 0 Å².